The summed E-state index contributed by atoms with van der Waals surface area (Å²) in [5, 5.41) is 3.17. The van der Waals surface area contributed by atoms with Crippen LogP contribution in [0.15, 0.2) is 0 Å². The Balaban J connectivity index is 4.77. The van der Waals surface area contributed by atoms with Crippen molar-refractivity contribution in [3.63, 3.8) is 0 Å². The number of carbonyl (C=O) groups is 2. The molecule has 0 aliphatic carbocycles. The summed E-state index contributed by atoms with van der Waals surface area (Å²) in [7, 11) is 1.72. The minimum absolute atomic E-state index is 0.0883. The van der Waals surface area contributed by atoms with Crippen molar-refractivity contribution in [2.24, 2.45) is 11.8 Å². The van der Waals surface area contributed by atoms with Gasteiger partial charge in [0.15, 0.2) is 0 Å². The Morgan fingerprint density at radius 2 is 1.57 bits per heavy atom. The van der Waals surface area contributed by atoms with Crippen LogP contribution < -0.4 is 10.9 Å². The molecule has 23 heavy (non-hydrogen) atoms. The average molecular weight is 330 g/mol. The molecule has 0 saturated heterocycles. The number of rotatable bonds is 8. The van der Waals surface area contributed by atoms with Crippen LogP contribution >= 0.6 is 0 Å². The van der Waals surface area contributed by atoms with E-state index < -0.39 is 11.7 Å². The van der Waals surface area contributed by atoms with E-state index in [1.54, 1.807) is 37.8 Å². The minimum atomic E-state index is -0.577. The predicted octanol–water partition coefficient (Wildman–Crippen LogP) is 2.00. The number of ether oxygens (including phenoxy) is 1. The lowest BCUT2D eigenvalue weighted by Gasteiger charge is -2.29. The van der Waals surface area contributed by atoms with Gasteiger partial charge in [0.05, 0.1) is 6.54 Å². The highest BCUT2D eigenvalue weighted by atomic mass is 16.6. The van der Waals surface area contributed by atoms with Gasteiger partial charge in [0.2, 0.25) is 0 Å². The Morgan fingerprint density at radius 1 is 1.04 bits per heavy atom. The maximum absolute atomic E-state index is 12.4. The van der Waals surface area contributed by atoms with Crippen LogP contribution in [0.3, 0.4) is 0 Å². The van der Waals surface area contributed by atoms with E-state index in [9.17, 15) is 9.59 Å². The van der Waals surface area contributed by atoms with E-state index in [1.165, 1.54) is 0 Å². The predicted molar refractivity (Wildman–Crippen MR) is 91.4 cm³/mol. The molecular weight excluding hydrogens is 296 g/mol. The first-order valence-electron chi connectivity index (χ1n) is 8.17. The molecule has 0 heterocycles. The first kappa shape index (κ1) is 21.7. The van der Waals surface area contributed by atoms with Gasteiger partial charge in [0, 0.05) is 20.1 Å². The molecule has 136 valence electrons. The molecule has 2 amide bonds. The third-order valence-corrected chi connectivity index (χ3v) is 2.68. The van der Waals surface area contributed by atoms with Gasteiger partial charge < -0.3 is 4.74 Å². The number of nitrogens with one attached hydrogen (secondary N) is 2. The standard InChI is InChI=1S/C16H34N4O3/c1-12(2)9-19(18-15(22)23-16(5,6)7)11-14(21)20(17-8)10-13(3)4/h12-13,17H,9-11H2,1-8H3,(H,18,22). The fourth-order valence-corrected chi connectivity index (χ4v) is 1.95. The fourth-order valence-electron chi connectivity index (χ4n) is 1.95. The molecule has 0 spiro atoms. The van der Waals surface area contributed by atoms with E-state index in [0.29, 0.717) is 24.9 Å². The third-order valence-electron chi connectivity index (χ3n) is 2.68. The highest BCUT2D eigenvalue weighted by Gasteiger charge is 2.22. The molecule has 0 aromatic rings. The summed E-state index contributed by atoms with van der Waals surface area (Å²) in [5.74, 6) is 0.549. The van der Waals surface area contributed by atoms with Gasteiger partial charge in [0.1, 0.15) is 5.60 Å². The molecule has 0 fully saturated rings. The molecule has 0 aliphatic heterocycles. The minimum Gasteiger partial charge on any atom is -0.443 e. The van der Waals surface area contributed by atoms with Crippen molar-refractivity contribution < 1.29 is 14.3 Å². The number of hydrogen-bond donors (Lipinski definition) is 2. The van der Waals surface area contributed by atoms with Crippen LogP contribution in [0.2, 0.25) is 0 Å². The third kappa shape index (κ3) is 10.9. The number of nitrogens with zero attached hydrogens (tertiary/aromatic N) is 2. The fraction of sp³-hybridized carbons (Fsp3) is 0.875. The van der Waals surface area contributed by atoms with Crippen LogP contribution in [0.5, 0.6) is 0 Å². The van der Waals surface area contributed by atoms with E-state index in [0.717, 1.165) is 0 Å². The second kappa shape index (κ2) is 9.72. The van der Waals surface area contributed by atoms with Gasteiger partial charge in [0.25, 0.3) is 5.91 Å². The average Bonchev–Trinajstić information content (AvgIpc) is 2.31. The van der Waals surface area contributed by atoms with Crippen molar-refractivity contribution in [2.75, 3.05) is 26.7 Å². The molecule has 0 aromatic carbocycles. The SMILES string of the molecule is CNN(CC(C)C)C(=O)CN(CC(C)C)NC(=O)OC(C)(C)C. The second-order valence-electron chi connectivity index (χ2n) is 7.51. The Bertz CT molecular complexity index is 378. The number of hydrogen-bond acceptors (Lipinski definition) is 5. The molecule has 7 heteroatoms. The van der Waals surface area contributed by atoms with Gasteiger partial charge in [-0.2, -0.15) is 0 Å². The summed E-state index contributed by atoms with van der Waals surface area (Å²) < 4.78 is 5.25. The van der Waals surface area contributed by atoms with Crippen LogP contribution in [0.25, 0.3) is 0 Å². The van der Waals surface area contributed by atoms with Crippen LogP contribution in [-0.4, -0.2) is 54.3 Å². The Labute approximate surface area is 140 Å². The van der Waals surface area contributed by atoms with Crippen molar-refractivity contribution in [2.45, 2.75) is 54.1 Å². The van der Waals surface area contributed by atoms with Crippen LogP contribution in [0.1, 0.15) is 48.5 Å². The number of carbonyl (C=O) groups excluding carboxylic acids is 2. The van der Waals surface area contributed by atoms with Gasteiger partial charge in [-0.3, -0.25) is 15.2 Å². The van der Waals surface area contributed by atoms with Crippen molar-refractivity contribution in [1.29, 1.82) is 0 Å². The first-order valence-corrected chi connectivity index (χ1v) is 8.17. The topological polar surface area (TPSA) is 73.9 Å². The summed E-state index contributed by atoms with van der Waals surface area (Å²) >= 11 is 0. The van der Waals surface area contributed by atoms with Gasteiger partial charge in [-0.05, 0) is 32.6 Å². The lowest BCUT2D eigenvalue weighted by molar-refractivity contribution is -0.136. The maximum atomic E-state index is 12.4. The molecule has 0 rings (SSSR count). The second-order valence-corrected chi connectivity index (χ2v) is 7.51. The Kier molecular flexibility index (Phi) is 9.16. The monoisotopic (exact) mass is 330 g/mol. The summed E-state index contributed by atoms with van der Waals surface area (Å²) in [5.41, 5.74) is 4.98. The van der Waals surface area contributed by atoms with Gasteiger partial charge in [-0.15, -0.1) is 0 Å². The lowest BCUT2D eigenvalue weighted by atomic mass is 10.2. The molecule has 0 aromatic heterocycles. The Morgan fingerprint density at radius 3 is 1.96 bits per heavy atom. The zero-order valence-corrected chi connectivity index (χ0v) is 15.9. The van der Waals surface area contributed by atoms with Crippen LogP contribution in [0.4, 0.5) is 4.79 Å². The van der Waals surface area contributed by atoms with Crippen molar-refractivity contribution >= 4 is 12.0 Å². The number of hydrazine groups is 2. The molecule has 0 atom stereocenters. The first-order chi connectivity index (χ1) is 10.4. The molecule has 2 N–H and O–H groups in total. The van der Waals surface area contributed by atoms with E-state index >= 15 is 0 Å². The van der Waals surface area contributed by atoms with E-state index in [1.807, 2.05) is 27.7 Å². The van der Waals surface area contributed by atoms with Gasteiger partial charge in [-0.25, -0.2) is 15.2 Å². The van der Waals surface area contributed by atoms with Crippen LogP contribution in [-0.2, 0) is 9.53 Å². The molecule has 0 bridgehead atoms. The van der Waals surface area contributed by atoms with Crippen molar-refractivity contribution in [3.05, 3.63) is 0 Å². The lowest BCUT2D eigenvalue weighted by Crippen LogP contribution is -2.53. The summed E-state index contributed by atoms with van der Waals surface area (Å²) in [6.07, 6.45) is -0.550. The summed E-state index contributed by atoms with van der Waals surface area (Å²) in [4.78, 5) is 24.3. The largest absolute Gasteiger partial charge is 0.443 e. The zero-order valence-electron chi connectivity index (χ0n) is 15.9. The molecule has 0 unspecified atom stereocenters. The molecule has 0 radical (unpaired) electrons. The van der Waals surface area contributed by atoms with Gasteiger partial charge >= 0.3 is 6.09 Å². The molecule has 7 nitrogen and oxygen atoms in total. The summed E-state index contributed by atoms with van der Waals surface area (Å²) in [6.45, 7) is 14.8. The van der Waals surface area contributed by atoms with Crippen molar-refractivity contribution in [1.82, 2.24) is 20.9 Å². The highest BCUT2D eigenvalue weighted by Crippen LogP contribution is 2.07. The van der Waals surface area contributed by atoms with E-state index in [4.69, 9.17) is 4.74 Å². The van der Waals surface area contributed by atoms with E-state index in [-0.39, 0.29) is 12.5 Å². The molecule has 0 aliphatic rings. The normalized spacial score (nSPS) is 12.0. The molecular formula is C16H34N4O3. The van der Waals surface area contributed by atoms with Gasteiger partial charge in [-0.1, -0.05) is 27.7 Å². The van der Waals surface area contributed by atoms with Crippen molar-refractivity contribution in [3.8, 4) is 0 Å². The Hall–Kier alpha value is -1.34. The zero-order chi connectivity index (χ0) is 18.2. The number of amides is 2. The highest BCUT2D eigenvalue weighted by molar-refractivity contribution is 5.78. The maximum Gasteiger partial charge on any atom is 0.422 e. The quantitative estimate of drug-likeness (QED) is 0.666. The summed E-state index contributed by atoms with van der Waals surface area (Å²) in [6, 6.07) is 0. The molecule has 0 saturated carbocycles. The van der Waals surface area contributed by atoms with Crippen LogP contribution in [0, 0.1) is 11.8 Å². The van der Waals surface area contributed by atoms with E-state index in [2.05, 4.69) is 10.9 Å². The smallest absolute Gasteiger partial charge is 0.422 e.